The van der Waals surface area contributed by atoms with Gasteiger partial charge in [-0.25, -0.2) is 0 Å². The van der Waals surface area contributed by atoms with Crippen LogP contribution in [0.5, 0.6) is 0 Å². The zero-order valence-electron chi connectivity index (χ0n) is 4.68. The molecule has 0 fully saturated rings. The third-order valence-corrected chi connectivity index (χ3v) is 3.73. The predicted molar refractivity (Wildman–Crippen MR) is 36.9 cm³/mol. The standard InChI is InChI=1S/C4H11OSSi/c1-3-4(6)7(2)5/h4-6H,3H2,1-2H3. The predicted octanol–water partition coefficient (Wildman–Crippen LogP) is 0.848. The molecule has 0 amide bonds. The molecule has 0 aromatic carbocycles. The van der Waals surface area contributed by atoms with Crippen molar-refractivity contribution in [2.24, 2.45) is 0 Å². The Balaban J connectivity index is 3.14. The van der Waals surface area contributed by atoms with E-state index in [1.54, 1.807) is 0 Å². The lowest BCUT2D eigenvalue weighted by atomic mass is 10.6. The van der Waals surface area contributed by atoms with Gasteiger partial charge in [-0.05, 0) is 13.0 Å². The lowest BCUT2D eigenvalue weighted by Crippen LogP contribution is -2.20. The van der Waals surface area contributed by atoms with Crippen LogP contribution in [0.15, 0.2) is 0 Å². The maximum absolute atomic E-state index is 8.85. The van der Waals surface area contributed by atoms with E-state index in [0.29, 0.717) is 0 Å². The average molecular weight is 135 g/mol. The van der Waals surface area contributed by atoms with Crippen LogP contribution < -0.4 is 0 Å². The molecule has 0 rings (SSSR count). The summed E-state index contributed by atoms with van der Waals surface area (Å²) in [6, 6.07) is 0. The second-order valence-electron chi connectivity index (χ2n) is 1.57. The third-order valence-electron chi connectivity index (χ3n) is 0.869. The largest absolute Gasteiger partial charge is 0.431 e. The summed E-state index contributed by atoms with van der Waals surface area (Å²) < 4.78 is 0. The lowest BCUT2D eigenvalue weighted by molar-refractivity contribution is 0.571. The van der Waals surface area contributed by atoms with Gasteiger partial charge < -0.3 is 4.80 Å². The fourth-order valence-electron chi connectivity index (χ4n) is 0.295. The van der Waals surface area contributed by atoms with Crippen LogP contribution in [0.1, 0.15) is 13.3 Å². The van der Waals surface area contributed by atoms with E-state index in [2.05, 4.69) is 12.6 Å². The second-order valence-corrected chi connectivity index (χ2v) is 4.65. The van der Waals surface area contributed by atoms with Gasteiger partial charge in [0.05, 0.1) is 0 Å². The zero-order chi connectivity index (χ0) is 5.86. The third kappa shape index (κ3) is 3.14. The molecule has 1 radical (unpaired) electrons. The van der Waals surface area contributed by atoms with Crippen molar-refractivity contribution in [1.82, 2.24) is 0 Å². The first-order valence-electron chi connectivity index (χ1n) is 2.39. The molecule has 0 saturated heterocycles. The lowest BCUT2D eigenvalue weighted by Gasteiger charge is -2.05. The molecule has 0 aromatic rings. The minimum absolute atomic E-state index is 0.255. The molecule has 43 valence electrons. The first-order chi connectivity index (χ1) is 3.18. The van der Waals surface area contributed by atoms with Crippen LogP contribution in [0.4, 0.5) is 0 Å². The Morgan fingerprint density at radius 2 is 2.29 bits per heavy atom. The van der Waals surface area contributed by atoms with Gasteiger partial charge in [-0.15, -0.1) is 0 Å². The molecule has 1 atom stereocenters. The Hall–Kier alpha value is 0.527. The van der Waals surface area contributed by atoms with E-state index < -0.39 is 9.04 Å². The van der Waals surface area contributed by atoms with E-state index in [9.17, 15) is 0 Å². The van der Waals surface area contributed by atoms with Crippen molar-refractivity contribution in [3.63, 3.8) is 0 Å². The molecule has 7 heavy (non-hydrogen) atoms. The van der Waals surface area contributed by atoms with E-state index in [1.807, 2.05) is 13.5 Å². The van der Waals surface area contributed by atoms with Crippen LogP contribution in [-0.2, 0) is 0 Å². The number of hydrogen-bond acceptors (Lipinski definition) is 2. The normalized spacial score (nSPS) is 15.0. The summed E-state index contributed by atoms with van der Waals surface area (Å²) in [6.07, 6.45) is 0.977. The monoisotopic (exact) mass is 135 g/mol. The van der Waals surface area contributed by atoms with Gasteiger partial charge >= 0.3 is 0 Å². The van der Waals surface area contributed by atoms with Crippen molar-refractivity contribution < 1.29 is 4.80 Å². The maximum atomic E-state index is 8.85. The fraction of sp³-hybridized carbons (Fsp3) is 1.00. The first-order valence-corrected chi connectivity index (χ1v) is 4.93. The van der Waals surface area contributed by atoms with Crippen LogP contribution in [0.25, 0.3) is 0 Å². The molecule has 0 aliphatic carbocycles. The smallest absolute Gasteiger partial charge is 0.216 e. The van der Waals surface area contributed by atoms with Gasteiger partial charge in [0.15, 0.2) is 0 Å². The van der Waals surface area contributed by atoms with E-state index in [1.165, 1.54) is 0 Å². The van der Waals surface area contributed by atoms with Crippen molar-refractivity contribution in [3.05, 3.63) is 0 Å². The Morgan fingerprint density at radius 1 is 1.86 bits per heavy atom. The summed E-state index contributed by atoms with van der Waals surface area (Å²) in [5.41, 5.74) is 0. The summed E-state index contributed by atoms with van der Waals surface area (Å²) in [5.74, 6) is 0. The van der Waals surface area contributed by atoms with Crippen molar-refractivity contribution in [2.45, 2.75) is 24.8 Å². The van der Waals surface area contributed by atoms with Gasteiger partial charge in [0.1, 0.15) is 0 Å². The van der Waals surface area contributed by atoms with Crippen LogP contribution in [-0.4, -0.2) is 18.7 Å². The van der Waals surface area contributed by atoms with Crippen molar-refractivity contribution in [3.8, 4) is 0 Å². The molecule has 3 heteroatoms. The van der Waals surface area contributed by atoms with Crippen LogP contribution in [0, 0.1) is 0 Å². The molecule has 0 aromatic heterocycles. The summed E-state index contributed by atoms with van der Waals surface area (Å²) >= 11 is 4.12. The zero-order valence-corrected chi connectivity index (χ0v) is 6.57. The van der Waals surface area contributed by atoms with Gasteiger partial charge in [-0.1, -0.05) is 6.92 Å². The molecule has 0 aliphatic rings. The second kappa shape index (κ2) is 3.52. The van der Waals surface area contributed by atoms with Crippen molar-refractivity contribution >= 4 is 21.7 Å². The van der Waals surface area contributed by atoms with Gasteiger partial charge in [0, 0.05) is 4.87 Å². The van der Waals surface area contributed by atoms with Crippen LogP contribution >= 0.6 is 12.6 Å². The van der Waals surface area contributed by atoms with E-state index in [0.717, 1.165) is 6.42 Å². The Bertz CT molecular complexity index is 49.0. The summed E-state index contributed by atoms with van der Waals surface area (Å²) in [4.78, 5) is 9.10. The minimum Gasteiger partial charge on any atom is -0.431 e. The van der Waals surface area contributed by atoms with E-state index >= 15 is 0 Å². The molecule has 0 aliphatic heterocycles. The van der Waals surface area contributed by atoms with Crippen molar-refractivity contribution in [2.75, 3.05) is 0 Å². The van der Waals surface area contributed by atoms with Gasteiger partial charge in [-0.2, -0.15) is 12.6 Å². The molecular weight excluding hydrogens is 124 g/mol. The summed E-state index contributed by atoms with van der Waals surface area (Å²) in [6.45, 7) is 3.88. The highest BCUT2D eigenvalue weighted by molar-refractivity contribution is 7.82. The van der Waals surface area contributed by atoms with Gasteiger partial charge in [0.25, 0.3) is 0 Å². The number of hydrogen-bond donors (Lipinski definition) is 2. The van der Waals surface area contributed by atoms with E-state index in [4.69, 9.17) is 4.80 Å². The highest BCUT2D eigenvalue weighted by atomic mass is 32.1. The molecular formula is C4H11OSSi. The Labute approximate surface area is 51.9 Å². The molecule has 0 spiro atoms. The molecule has 0 heterocycles. The molecule has 1 unspecified atom stereocenters. The quantitative estimate of drug-likeness (QED) is 0.425. The molecule has 1 nitrogen and oxygen atoms in total. The average Bonchev–Trinajstić information content (AvgIpc) is 1.65. The minimum atomic E-state index is -1.10. The summed E-state index contributed by atoms with van der Waals surface area (Å²) in [5, 5.41) is 0. The number of rotatable bonds is 2. The first kappa shape index (κ1) is 7.53. The van der Waals surface area contributed by atoms with Crippen molar-refractivity contribution in [1.29, 1.82) is 0 Å². The van der Waals surface area contributed by atoms with E-state index in [-0.39, 0.29) is 4.87 Å². The van der Waals surface area contributed by atoms with Crippen LogP contribution in [0.2, 0.25) is 6.55 Å². The highest BCUT2D eigenvalue weighted by Gasteiger charge is 2.08. The molecule has 0 saturated carbocycles. The summed E-state index contributed by atoms with van der Waals surface area (Å²) in [7, 11) is -1.10. The highest BCUT2D eigenvalue weighted by Crippen LogP contribution is 2.01. The fourth-order valence-corrected chi connectivity index (χ4v) is 0.886. The Morgan fingerprint density at radius 3 is 2.29 bits per heavy atom. The SMILES string of the molecule is CCC(S)[Si](C)O. The van der Waals surface area contributed by atoms with Gasteiger partial charge in [0.2, 0.25) is 9.04 Å². The topological polar surface area (TPSA) is 20.2 Å². The van der Waals surface area contributed by atoms with Crippen LogP contribution in [0.3, 0.4) is 0 Å². The number of thiol groups is 1. The molecule has 1 N–H and O–H groups in total. The van der Waals surface area contributed by atoms with Gasteiger partial charge in [-0.3, -0.25) is 0 Å². The Kier molecular flexibility index (Phi) is 3.78. The molecule has 0 bridgehead atoms. The maximum Gasteiger partial charge on any atom is 0.216 e.